The second-order valence-electron chi connectivity index (χ2n) is 6.11. The van der Waals surface area contributed by atoms with Gasteiger partial charge in [0, 0.05) is 30.6 Å². The molecule has 0 spiro atoms. The van der Waals surface area contributed by atoms with Crippen LogP contribution < -0.4 is 5.32 Å². The molecule has 24 heavy (non-hydrogen) atoms. The lowest BCUT2D eigenvalue weighted by molar-refractivity contribution is 0.802. The molecule has 5 heteroatoms. The van der Waals surface area contributed by atoms with Crippen molar-refractivity contribution in [1.82, 2.24) is 20.3 Å². The number of H-pyrrole nitrogens is 1. The molecule has 3 heterocycles. The van der Waals surface area contributed by atoms with E-state index in [1.54, 1.807) is 0 Å². The van der Waals surface area contributed by atoms with E-state index in [-0.39, 0.29) is 0 Å². The molecular weight excluding hydrogens is 298 g/mol. The Balaban J connectivity index is 1.70. The third-order valence-electron chi connectivity index (χ3n) is 4.06. The highest BCUT2D eigenvalue weighted by molar-refractivity contribution is 5.98. The van der Waals surface area contributed by atoms with Crippen LogP contribution in [0.1, 0.15) is 18.9 Å². The van der Waals surface area contributed by atoms with Gasteiger partial charge in [0.2, 0.25) is 0 Å². The Morgan fingerprint density at radius 2 is 2.04 bits per heavy atom. The quantitative estimate of drug-likeness (QED) is 0.753. The number of aromatic amines is 1. The molecule has 1 aliphatic rings. The smallest absolute Gasteiger partial charge is 0.157 e. The lowest BCUT2D eigenvalue weighted by Gasteiger charge is -2.13. The summed E-state index contributed by atoms with van der Waals surface area (Å²) in [6.45, 7) is 5.03. The molecule has 0 bridgehead atoms. The Morgan fingerprint density at radius 1 is 1.12 bits per heavy atom. The molecule has 0 amide bonds. The molecule has 1 aromatic carbocycles. The molecule has 3 aromatic rings. The molecule has 0 saturated carbocycles. The van der Waals surface area contributed by atoms with Gasteiger partial charge >= 0.3 is 0 Å². The molecule has 2 N–H and O–H groups in total. The number of aromatic nitrogens is 3. The fraction of sp³-hybridized carbons (Fsp3) is 0.211. The molecule has 2 aromatic heterocycles. The second-order valence-corrected chi connectivity index (χ2v) is 6.11. The molecule has 1 aliphatic heterocycles. The predicted molar refractivity (Wildman–Crippen MR) is 97.5 cm³/mol. The first-order valence-electron chi connectivity index (χ1n) is 8.10. The van der Waals surface area contributed by atoms with Gasteiger partial charge in [-0.1, -0.05) is 6.07 Å². The van der Waals surface area contributed by atoms with Crippen molar-refractivity contribution in [3.05, 3.63) is 53.9 Å². The number of hydrogen-bond donors (Lipinski definition) is 2. The van der Waals surface area contributed by atoms with Crippen LogP contribution in [-0.2, 0) is 0 Å². The van der Waals surface area contributed by atoms with Crippen LogP contribution >= 0.6 is 0 Å². The number of allylic oxidation sites excluding steroid dienone is 2. The van der Waals surface area contributed by atoms with Crippen molar-refractivity contribution in [1.29, 1.82) is 0 Å². The van der Waals surface area contributed by atoms with Crippen LogP contribution in [0.25, 0.3) is 22.6 Å². The summed E-state index contributed by atoms with van der Waals surface area (Å²) in [6, 6.07) is 10.1. The summed E-state index contributed by atoms with van der Waals surface area (Å²) in [4.78, 5) is 17.2. The molecule has 4 rings (SSSR count). The van der Waals surface area contributed by atoms with Gasteiger partial charge in [0.25, 0.3) is 0 Å². The summed E-state index contributed by atoms with van der Waals surface area (Å²) in [5, 5.41) is 3.31. The third-order valence-corrected chi connectivity index (χ3v) is 4.06. The van der Waals surface area contributed by atoms with Crippen molar-refractivity contribution < 1.29 is 0 Å². The Morgan fingerprint density at radius 3 is 2.83 bits per heavy atom. The Hall–Kier alpha value is -2.95. The van der Waals surface area contributed by atoms with Crippen molar-refractivity contribution in [3.63, 3.8) is 0 Å². The summed E-state index contributed by atoms with van der Waals surface area (Å²) in [5.41, 5.74) is 7.09. The minimum absolute atomic E-state index is 0.785. The first kappa shape index (κ1) is 14.6. The zero-order valence-corrected chi connectivity index (χ0v) is 13.8. The normalized spacial score (nSPS) is 16.2. The van der Waals surface area contributed by atoms with E-state index < -0.39 is 0 Å². The lowest BCUT2D eigenvalue weighted by atomic mass is 10.1. The van der Waals surface area contributed by atoms with E-state index in [9.17, 15) is 0 Å². The fourth-order valence-electron chi connectivity index (χ4n) is 2.81. The second kappa shape index (κ2) is 5.92. The Kier molecular flexibility index (Phi) is 3.61. The predicted octanol–water partition coefficient (Wildman–Crippen LogP) is 3.90. The van der Waals surface area contributed by atoms with Crippen molar-refractivity contribution in [2.45, 2.75) is 20.3 Å². The zero-order chi connectivity index (χ0) is 16.5. The van der Waals surface area contributed by atoms with E-state index in [2.05, 4.69) is 33.3 Å². The maximum Gasteiger partial charge on any atom is 0.157 e. The van der Waals surface area contributed by atoms with Gasteiger partial charge in [-0.05, 0) is 49.8 Å². The zero-order valence-electron chi connectivity index (χ0n) is 13.8. The Bertz CT molecular complexity index is 948. The van der Waals surface area contributed by atoms with Gasteiger partial charge in [-0.15, -0.1) is 0 Å². The largest absolute Gasteiger partial charge is 0.388 e. The molecule has 0 fully saturated rings. The molecule has 0 radical (unpaired) electrons. The van der Waals surface area contributed by atoms with Gasteiger partial charge in [0.15, 0.2) is 5.82 Å². The topological polar surface area (TPSA) is 66.0 Å². The van der Waals surface area contributed by atoms with E-state index in [1.165, 1.54) is 0 Å². The highest BCUT2D eigenvalue weighted by atomic mass is 15.0. The summed E-state index contributed by atoms with van der Waals surface area (Å²) in [5.74, 6) is 0.785. The van der Waals surface area contributed by atoms with Gasteiger partial charge in [-0.25, -0.2) is 4.98 Å². The standard InChI is InChI=1S/C19H19N5/c1-12-3-5-17(21-11-12)19-23-16-6-4-14(10-18(16)24-19)22-15-7-8-20-13(2)9-15/h3-6,9-11,20H,7-8H2,1-2H3,(H,23,24). The number of rotatable bonds is 2. The summed E-state index contributed by atoms with van der Waals surface area (Å²) in [6.07, 6.45) is 4.89. The van der Waals surface area contributed by atoms with Crippen LogP contribution in [0.5, 0.6) is 0 Å². The average Bonchev–Trinajstić information content (AvgIpc) is 2.99. The lowest BCUT2D eigenvalue weighted by Crippen LogP contribution is -2.21. The van der Waals surface area contributed by atoms with Crippen LogP contribution in [0.15, 0.2) is 53.3 Å². The van der Waals surface area contributed by atoms with E-state index >= 15 is 0 Å². The fourth-order valence-corrected chi connectivity index (χ4v) is 2.81. The van der Waals surface area contributed by atoms with Crippen molar-refractivity contribution in [2.75, 3.05) is 6.54 Å². The summed E-state index contributed by atoms with van der Waals surface area (Å²) < 4.78 is 0. The average molecular weight is 317 g/mol. The number of nitrogens with zero attached hydrogens (tertiary/aromatic N) is 3. The van der Waals surface area contributed by atoms with Crippen LogP contribution in [0, 0.1) is 6.92 Å². The molecule has 5 nitrogen and oxygen atoms in total. The molecule has 0 saturated heterocycles. The molecule has 0 aliphatic carbocycles. The minimum atomic E-state index is 0.785. The summed E-state index contributed by atoms with van der Waals surface area (Å²) in [7, 11) is 0. The highest BCUT2D eigenvalue weighted by Gasteiger charge is 2.08. The molecular formula is C19H19N5. The van der Waals surface area contributed by atoms with Gasteiger partial charge in [-0.2, -0.15) is 0 Å². The monoisotopic (exact) mass is 317 g/mol. The number of fused-ring (bicyclic) bond motifs is 1. The molecule has 0 unspecified atom stereocenters. The first-order chi connectivity index (χ1) is 11.7. The number of pyridine rings is 1. The summed E-state index contributed by atoms with van der Waals surface area (Å²) >= 11 is 0. The van der Waals surface area contributed by atoms with Gasteiger partial charge in [-0.3, -0.25) is 9.98 Å². The maximum atomic E-state index is 4.75. The first-order valence-corrected chi connectivity index (χ1v) is 8.10. The van der Waals surface area contributed by atoms with E-state index in [4.69, 9.17) is 4.99 Å². The number of imidazole rings is 1. The van der Waals surface area contributed by atoms with Crippen molar-refractivity contribution in [2.24, 2.45) is 4.99 Å². The number of aryl methyl sites for hydroxylation is 1. The van der Waals surface area contributed by atoms with E-state index in [0.29, 0.717) is 0 Å². The van der Waals surface area contributed by atoms with Gasteiger partial charge in [0.1, 0.15) is 5.69 Å². The van der Waals surface area contributed by atoms with Crippen LogP contribution in [0.2, 0.25) is 0 Å². The maximum absolute atomic E-state index is 4.75. The van der Waals surface area contributed by atoms with Crippen LogP contribution in [0.4, 0.5) is 5.69 Å². The minimum Gasteiger partial charge on any atom is -0.388 e. The highest BCUT2D eigenvalue weighted by Crippen LogP contribution is 2.24. The van der Waals surface area contributed by atoms with E-state index in [0.717, 1.165) is 58.2 Å². The molecule has 0 atom stereocenters. The van der Waals surface area contributed by atoms with Gasteiger partial charge in [0.05, 0.1) is 16.7 Å². The van der Waals surface area contributed by atoms with Gasteiger partial charge < -0.3 is 10.3 Å². The number of benzene rings is 1. The third kappa shape index (κ3) is 2.93. The van der Waals surface area contributed by atoms with Crippen molar-refractivity contribution >= 4 is 22.4 Å². The van der Waals surface area contributed by atoms with Crippen LogP contribution in [-0.4, -0.2) is 27.2 Å². The number of aliphatic imine (C=N–C) groups is 1. The molecule has 120 valence electrons. The SMILES string of the molecule is CC1=CC(=Nc2ccc3nc(-c4ccc(C)cn4)[nH]c3c2)CCN1. The van der Waals surface area contributed by atoms with Crippen molar-refractivity contribution in [3.8, 4) is 11.5 Å². The van der Waals surface area contributed by atoms with E-state index in [1.807, 2.05) is 43.5 Å². The Labute approximate surface area is 140 Å². The van der Waals surface area contributed by atoms with Crippen LogP contribution in [0.3, 0.4) is 0 Å². The number of hydrogen-bond acceptors (Lipinski definition) is 4. The number of nitrogens with one attached hydrogen (secondary N) is 2.